The number of carbonyl (C=O) groups is 1. The summed E-state index contributed by atoms with van der Waals surface area (Å²) in [5, 5.41) is 12.9. The van der Waals surface area contributed by atoms with Gasteiger partial charge in [-0.3, -0.25) is 4.79 Å². The van der Waals surface area contributed by atoms with Gasteiger partial charge in [-0.2, -0.15) is 0 Å². The minimum atomic E-state index is -0.472. The number of nitrogens with one attached hydrogen (secondary N) is 1. The lowest BCUT2D eigenvalue weighted by molar-refractivity contribution is -0.113. The number of pyridine rings is 1. The molecule has 0 atom stereocenters. The van der Waals surface area contributed by atoms with Gasteiger partial charge < -0.3 is 9.88 Å². The van der Waals surface area contributed by atoms with Gasteiger partial charge in [0.2, 0.25) is 5.91 Å². The van der Waals surface area contributed by atoms with Gasteiger partial charge in [0.1, 0.15) is 5.82 Å². The van der Waals surface area contributed by atoms with Gasteiger partial charge in [-0.05, 0) is 24.3 Å². The zero-order chi connectivity index (χ0) is 23.5. The molecule has 0 saturated heterocycles. The second-order valence-electron chi connectivity index (χ2n) is 7.62. The molecule has 8 heteroatoms. The number of halogens is 1. The summed E-state index contributed by atoms with van der Waals surface area (Å²) >= 11 is 1.24. The molecule has 0 spiro atoms. The summed E-state index contributed by atoms with van der Waals surface area (Å²) < 4.78 is 15.7. The maximum absolute atomic E-state index is 13.8. The number of carbonyl (C=O) groups excluding carboxylic acids is 1. The average Bonchev–Trinajstić information content (AvgIpc) is 3.24. The normalized spacial score (nSPS) is 11.0. The minimum absolute atomic E-state index is 0.0761. The summed E-state index contributed by atoms with van der Waals surface area (Å²) in [6.45, 7) is 0. The molecule has 2 aromatic heterocycles. The summed E-state index contributed by atoms with van der Waals surface area (Å²) in [4.78, 5) is 17.2. The standard InChI is InChI=1S/C26H20FN5OS/c1-32-25(30-31-26(32)34-16-24(33)29-22-14-8-6-12-20(22)27)19-15-23(17-9-3-2-4-10-17)28-21-13-7-5-11-18(19)21/h2-15H,16H2,1H3,(H,29,33). The first kappa shape index (κ1) is 21.8. The summed E-state index contributed by atoms with van der Waals surface area (Å²) in [5.41, 5.74) is 3.78. The van der Waals surface area contributed by atoms with E-state index in [2.05, 4.69) is 15.5 Å². The number of fused-ring (bicyclic) bond motifs is 1. The fourth-order valence-corrected chi connectivity index (χ4v) is 4.38. The monoisotopic (exact) mass is 469 g/mol. The molecule has 168 valence electrons. The molecular formula is C26H20FN5OS. The number of rotatable bonds is 6. The van der Waals surface area contributed by atoms with E-state index in [1.54, 1.807) is 12.1 Å². The summed E-state index contributed by atoms with van der Waals surface area (Å²) in [6.07, 6.45) is 0. The highest BCUT2D eigenvalue weighted by Gasteiger charge is 2.17. The van der Waals surface area contributed by atoms with Crippen LogP contribution >= 0.6 is 11.8 Å². The Kier molecular flexibility index (Phi) is 6.05. The second kappa shape index (κ2) is 9.44. The lowest BCUT2D eigenvalue weighted by Crippen LogP contribution is -2.15. The third-order valence-electron chi connectivity index (χ3n) is 5.34. The number of nitrogens with zero attached hydrogens (tertiary/aromatic N) is 4. The van der Waals surface area contributed by atoms with Crippen molar-refractivity contribution in [3.63, 3.8) is 0 Å². The molecule has 5 aromatic rings. The number of aromatic nitrogens is 4. The van der Waals surface area contributed by atoms with Crippen LogP contribution in [0.5, 0.6) is 0 Å². The van der Waals surface area contributed by atoms with Crippen LogP contribution in [0.2, 0.25) is 0 Å². The summed E-state index contributed by atoms with van der Waals surface area (Å²) in [6, 6.07) is 26.0. The average molecular weight is 470 g/mol. The number of para-hydroxylation sites is 2. The van der Waals surface area contributed by atoms with Crippen LogP contribution in [-0.4, -0.2) is 31.4 Å². The Morgan fingerprint density at radius 3 is 2.53 bits per heavy atom. The van der Waals surface area contributed by atoms with E-state index >= 15 is 0 Å². The second-order valence-corrected chi connectivity index (χ2v) is 8.56. The van der Waals surface area contributed by atoms with Crippen LogP contribution in [0.25, 0.3) is 33.5 Å². The Morgan fingerprint density at radius 2 is 1.71 bits per heavy atom. The molecule has 6 nitrogen and oxygen atoms in total. The third kappa shape index (κ3) is 4.40. The van der Waals surface area contributed by atoms with Gasteiger partial charge in [0.15, 0.2) is 11.0 Å². The van der Waals surface area contributed by atoms with Crippen molar-refractivity contribution in [2.24, 2.45) is 7.05 Å². The highest BCUT2D eigenvalue weighted by atomic mass is 32.2. The van der Waals surface area contributed by atoms with E-state index in [-0.39, 0.29) is 17.3 Å². The van der Waals surface area contributed by atoms with Crippen molar-refractivity contribution in [2.75, 3.05) is 11.1 Å². The highest BCUT2D eigenvalue weighted by molar-refractivity contribution is 7.99. The number of hydrogen-bond acceptors (Lipinski definition) is 5. The van der Waals surface area contributed by atoms with Gasteiger partial charge in [0, 0.05) is 23.6 Å². The van der Waals surface area contributed by atoms with Crippen LogP contribution in [-0.2, 0) is 11.8 Å². The minimum Gasteiger partial charge on any atom is -0.323 e. The number of benzene rings is 3. The molecular weight excluding hydrogens is 449 g/mol. The number of hydrogen-bond donors (Lipinski definition) is 1. The molecule has 0 aliphatic rings. The highest BCUT2D eigenvalue weighted by Crippen LogP contribution is 2.32. The summed E-state index contributed by atoms with van der Waals surface area (Å²) in [7, 11) is 1.86. The Hall–Kier alpha value is -4.04. The van der Waals surface area contributed by atoms with Gasteiger partial charge in [0.05, 0.1) is 22.7 Å². The molecule has 0 radical (unpaired) electrons. The van der Waals surface area contributed by atoms with E-state index in [4.69, 9.17) is 4.98 Å². The molecule has 0 aliphatic heterocycles. The molecule has 3 aromatic carbocycles. The van der Waals surface area contributed by atoms with Gasteiger partial charge >= 0.3 is 0 Å². The van der Waals surface area contributed by atoms with Crippen LogP contribution in [0.15, 0.2) is 90.1 Å². The van der Waals surface area contributed by atoms with Crippen molar-refractivity contribution in [1.82, 2.24) is 19.7 Å². The van der Waals surface area contributed by atoms with Gasteiger partial charge in [-0.25, -0.2) is 9.37 Å². The van der Waals surface area contributed by atoms with E-state index in [1.165, 1.54) is 23.9 Å². The Morgan fingerprint density at radius 1 is 0.971 bits per heavy atom. The smallest absolute Gasteiger partial charge is 0.234 e. The van der Waals surface area contributed by atoms with E-state index in [0.29, 0.717) is 11.0 Å². The van der Waals surface area contributed by atoms with Crippen molar-refractivity contribution < 1.29 is 9.18 Å². The topological polar surface area (TPSA) is 72.7 Å². The van der Waals surface area contributed by atoms with Gasteiger partial charge in [0.25, 0.3) is 0 Å². The van der Waals surface area contributed by atoms with E-state index in [1.807, 2.05) is 72.3 Å². The van der Waals surface area contributed by atoms with Gasteiger partial charge in [-0.15, -0.1) is 10.2 Å². The maximum Gasteiger partial charge on any atom is 0.234 e. The molecule has 1 N–H and O–H groups in total. The molecule has 0 unspecified atom stereocenters. The molecule has 0 fully saturated rings. The van der Waals surface area contributed by atoms with Crippen LogP contribution in [0.4, 0.5) is 10.1 Å². The Labute approximate surface area is 199 Å². The molecule has 0 aliphatic carbocycles. The quantitative estimate of drug-likeness (QED) is 0.329. The first-order valence-corrected chi connectivity index (χ1v) is 11.6. The SMILES string of the molecule is Cn1c(SCC(=O)Nc2ccccc2F)nnc1-c1cc(-c2ccccc2)nc2ccccc12. The number of anilines is 1. The lowest BCUT2D eigenvalue weighted by atomic mass is 10.0. The van der Waals surface area contributed by atoms with Crippen LogP contribution in [0.1, 0.15) is 0 Å². The first-order chi connectivity index (χ1) is 16.6. The molecule has 2 heterocycles. The van der Waals surface area contributed by atoms with E-state index < -0.39 is 5.82 Å². The molecule has 34 heavy (non-hydrogen) atoms. The number of amides is 1. The summed E-state index contributed by atoms with van der Waals surface area (Å²) in [5.74, 6) is -0.0408. The predicted molar refractivity (Wildman–Crippen MR) is 133 cm³/mol. The predicted octanol–water partition coefficient (Wildman–Crippen LogP) is 5.57. The van der Waals surface area contributed by atoms with Crippen molar-refractivity contribution >= 4 is 34.3 Å². The Bertz CT molecular complexity index is 1490. The molecule has 0 saturated carbocycles. The van der Waals surface area contributed by atoms with E-state index in [9.17, 15) is 9.18 Å². The molecule has 0 bridgehead atoms. The van der Waals surface area contributed by atoms with E-state index in [0.717, 1.165) is 27.7 Å². The third-order valence-corrected chi connectivity index (χ3v) is 6.36. The van der Waals surface area contributed by atoms with Gasteiger partial charge in [-0.1, -0.05) is 72.4 Å². The fraction of sp³-hybridized carbons (Fsp3) is 0.0769. The largest absolute Gasteiger partial charge is 0.323 e. The van der Waals surface area contributed by atoms with Crippen molar-refractivity contribution in [1.29, 1.82) is 0 Å². The van der Waals surface area contributed by atoms with Crippen LogP contribution < -0.4 is 5.32 Å². The molecule has 5 rings (SSSR count). The van der Waals surface area contributed by atoms with Crippen LogP contribution in [0, 0.1) is 5.82 Å². The van der Waals surface area contributed by atoms with Crippen molar-refractivity contribution in [3.05, 3.63) is 90.7 Å². The first-order valence-electron chi connectivity index (χ1n) is 10.6. The Balaban J connectivity index is 1.43. The lowest BCUT2D eigenvalue weighted by Gasteiger charge is -2.10. The maximum atomic E-state index is 13.8. The zero-order valence-electron chi connectivity index (χ0n) is 18.3. The van der Waals surface area contributed by atoms with Crippen molar-refractivity contribution in [3.8, 4) is 22.6 Å². The van der Waals surface area contributed by atoms with Crippen LogP contribution in [0.3, 0.4) is 0 Å². The molecule has 1 amide bonds. The zero-order valence-corrected chi connectivity index (χ0v) is 19.1. The number of thioether (sulfide) groups is 1. The fourth-order valence-electron chi connectivity index (χ4n) is 3.67. The van der Waals surface area contributed by atoms with Crippen molar-refractivity contribution in [2.45, 2.75) is 5.16 Å².